The molecule has 0 saturated carbocycles. The molecule has 0 aliphatic carbocycles. The highest BCUT2D eigenvalue weighted by molar-refractivity contribution is 8.00. The molecule has 0 aliphatic rings. The lowest BCUT2D eigenvalue weighted by molar-refractivity contribution is -0.113. The fourth-order valence-electron chi connectivity index (χ4n) is 2.58. The van der Waals surface area contributed by atoms with Crippen LogP contribution >= 0.6 is 11.8 Å². The molecule has 0 atom stereocenters. The van der Waals surface area contributed by atoms with Crippen LogP contribution in [0.15, 0.2) is 59.6 Å². The highest BCUT2D eigenvalue weighted by Crippen LogP contribution is 2.27. The SMILES string of the molecule is CC(C)c1ccc2nc(SCC(=O)Nc3ccccc3)c(C#N)cc2c1. The van der Waals surface area contributed by atoms with Gasteiger partial charge < -0.3 is 5.32 Å². The van der Waals surface area contributed by atoms with Crippen molar-refractivity contribution in [1.29, 1.82) is 5.26 Å². The number of rotatable bonds is 5. The summed E-state index contributed by atoms with van der Waals surface area (Å²) in [6.07, 6.45) is 0. The van der Waals surface area contributed by atoms with E-state index in [0.29, 0.717) is 16.5 Å². The number of benzene rings is 2. The molecule has 2 aromatic carbocycles. The van der Waals surface area contributed by atoms with Gasteiger partial charge in [-0.2, -0.15) is 5.26 Å². The Morgan fingerprint density at radius 1 is 1.19 bits per heavy atom. The lowest BCUT2D eigenvalue weighted by Crippen LogP contribution is -2.14. The summed E-state index contributed by atoms with van der Waals surface area (Å²) in [5.41, 5.74) is 3.30. The average Bonchev–Trinajstić information content (AvgIpc) is 2.65. The van der Waals surface area contributed by atoms with Crippen molar-refractivity contribution in [2.24, 2.45) is 0 Å². The Bertz CT molecular complexity index is 978. The maximum atomic E-state index is 12.1. The molecule has 0 spiro atoms. The molecule has 1 aromatic heterocycles. The van der Waals surface area contributed by atoms with E-state index in [1.807, 2.05) is 42.5 Å². The fraction of sp³-hybridized carbons (Fsp3) is 0.190. The largest absolute Gasteiger partial charge is 0.325 e. The summed E-state index contributed by atoms with van der Waals surface area (Å²) >= 11 is 1.28. The topological polar surface area (TPSA) is 65.8 Å². The van der Waals surface area contributed by atoms with Gasteiger partial charge in [0.15, 0.2) is 0 Å². The first kappa shape index (κ1) is 18.0. The summed E-state index contributed by atoms with van der Waals surface area (Å²) in [5.74, 6) is 0.495. The number of hydrogen-bond donors (Lipinski definition) is 1. The number of amides is 1. The van der Waals surface area contributed by atoms with Crippen LogP contribution in [-0.4, -0.2) is 16.6 Å². The number of para-hydroxylation sites is 1. The van der Waals surface area contributed by atoms with Crippen molar-refractivity contribution in [2.45, 2.75) is 24.8 Å². The lowest BCUT2D eigenvalue weighted by Gasteiger charge is -2.09. The second kappa shape index (κ2) is 8.03. The number of thioether (sulfide) groups is 1. The third-order valence-corrected chi connectivity index (χ3v) is 4.98. The van der Waals surface area contributed by atoms with Gasteiger partial charge in [0.05, 0.1) is 16.8 Å². The number of carbonyl (C=O) groups is 1. The van der Waals surface area contributed by atoms with Gasteiger partial charge in [0.1, 0.15) is 11.1 Å². The van der Waals surface area contributed by atoms with Crippen molar-refractivity contribution < 1.29 is 4.79 Å². The summed E-state index contributed by atoms with van der Waals surface area (Å²) in [5, 5.41) is 13.8. The number of nitrogens with one attached hydrogen (secondary N) is 1. The fourth-order valence-corrected chi connectivity index (χ4v) is 3.34. The molecular formula is C21H19N3OS. The maximum absolute atomic E-state index is 12.1. The number of nitriles is 1. The molecule has 0 radical (unpaired) electrons. The average molecular weight is 361 g/mol. The van der Waals surface area contributed by atoms with Crippen molar-refractivity contribution in [1.82, 2.24) is 4.98 Å². The van der Waals surface area contributed by atoms with Crippen LogP contribution in [-0.2, 0) is 4.79 Å². The smallest absolute Gasteiger partial charge is 0.234 e. The molecule has 3 aromatic rings. The predicted molar refractivity (Wildman–Crippen MR) is 106 cm³/mol. The van der Waals surface area contributed by atoms with Gasteiger partial charge in [0, 0.05) is 11.1 Å². The first-order valence-corrected chi connectivity index (χ1v) is 9.38. The molecule has 5 heteroatoms. The number of pyridine rings is 1. The van der Waals surface area contributed by atoms with E-state index < -0.39 is 0 Å². The van der Waals surface area contributed by atoms with Crippen molar-refractivity contribution in [3.8, 4) is 6.07 Å². The van der Waals surface area contributed by atoms with Gasteiger partial charge in [-0.3, -0.25) is 4.79 Å². The minimum atomic E-state index is -0.123. The molecule has 0 fully saturated rings. The van der Waals surface area contributed by atoms with E-state index in [1.165, 1.54) is 17.3 Å². The Morgan fingerprint density at radius 3 is 2.65 bits per heavy atom. The van der Waals surface area contributed by atoms with E-state index in [0.717, 1.165) is 16.6 Å². The number of anilines is 1. The molecular weight excluding hydrogens is 342 g/mol. The molecule has 0 unspecified atom stereocenters. The van der Waals surface area contributed by atoms with Crippen LogP contribution in [0.3, 0.4) is 0 Å². The third-order valence-electron chi connectivity index (χ3n) is 3.99. The Hall–Kier alpha value is -2.84. The Morgan fingerprint density at radius 2 is 1.96 bits per heavy atom. The maximum Gasteiger partial charge on any atom is 0.234 e. The van der Waals surface area contributed by atoms with Crippen molar-refractivity contribution in [2.75, 3.05) is 11.1 Å². The predicted octanol–water partition coefficient (Wildman–Crippen LogP) is 4.96. The number of hydrogen-bond acceptors (Lipinski definition) is 4. The first-order chi connectivity index (χ1) is 12.6. The second-order valence-corrected chi connectivity index (χ2v) is 7.23. The van der Waals surface area contributed by atoms with Gasteiger partial charge in [0.25, 0.3) is 0 Å². The zero-order valence-electron chi connectivity index (χ0n) is 14.7. The Balaban J connectivity index is 1.78. The van der Waals surface area contributed by atoms with Gasteiger partial charge in [-0.1, -0.05) is 49.9 Å². The molecule has 130 valence electrons. The molecule has 1 N–H and O–H groups in total. The van der Waals surface area contributed by atoms with Crippen LogP contribution in [0.25, 0.3) is 10.9 Å². The Kier molecular flexibility index (Phi) is 5.55. The van der Waals surface area contributed by atoms with Crippen LogP contribution in [0.2, 0.25) is 0 Å². The van der Waals surface area contributed by atoms with Gasteiger partial charge in [-0.25, -0.2) is 4.98 Å². The van der Waals surface area contributed by atoms with Crippen molar-refractivity contribution >= 4 is 34.3 Å². The summed E-state index contributed by atoms with van der Waals surface area (Å²) in [4.78, 5) is 16.7. The second-order valence-electron chi connectivity index (χ2n) is 6.26. The van der Waals surface area contributed by atoms with Gasteiger partial charge in [-0.05, 0) is 41.8 Å². The molecule has 1 amide bonds. The van der Waals surface area contributed by atoms with Crippen molar-refractivity contribution in [3.63, 3.8) is 0 Å². The molecule has 3 rings (SSSR count). The van der Waals surface area contributed by atoms with E-state index in [9.17, 15) is 10.1 Å². The number of fused-ring (bicyclic) bond motifs is 1. The molecule has 0 bridgehead atoms. The van der Waals surface area contributed by atoms with Gasteiger partial charge in [-0.15, -0.1) is 0 Å². The standard InChI is InChI=1S/C21H19N3OS/c1-14(2)15-8-9-19-16(10-15)11-17(12-22)21(24-19)26-13-20(25)23-18-6-4-3-5-7-18/h3-11,14H,13H2,1-2H3,(H,23,25). The summed E-state index contributed by atoms with van der Waals surface area (Å²) < 4.78 is 0. The number of nitrogens with zero attached hydrogens (tertiary/aromatic N) is 2. The monoisotopic (exact) mass is 361 g/mol. The minimum absolute atomic E-state index is 0.123. The lowest BCUT2D eigenvalue weighted by atomic mass is 10.0. The van der Waals surface area contributed by atoms with Crippen LogP contribution in [0.4, 0.5) is 5.69 Å². The van der Waals surface area contributed by atoms with E-state index in [4.69, 9.17) is 0 Å². The number of carbonyl (C=O) groups excluding carboxylic acids is 1. The van der Waals surface area contributed by atoms with E-state index in [1.54, 1.807) is 0 Å². The molecule has 26 heavy (non-hydrogen) atoms. The van der Waals surface area contributed by atoms with Crippen LogP contribution in [0.1, 0.15) is 30.9 Å². The molecule has 4 nitrogen and oxygen atoms in total. The minimum Gasteiger partial charge on any atom is -0.325 e. The van der Waals surface area contributed by atoms with E-state index in [2.05, 4.69) is 42.4 Å². The van der Waals surface area contributed by atoms with Crippen molar-refractivity contribution in [3.05, 3.63) is 65.7 Å². The highest BCUT2D eigenvalue weighted by Gasteiger charge is 2.11. The van der Waals surface area contributed by atoms with Gasteiger partial charge >= 0.3 is 0 Å². The molecule has 1 heterocycles. The zero-order chi connectivity index (χ0) is 18.5. The molecule has 0 saturated heterocycles. The number of aromatic nitrogens is 1. The first-order valence-electron chi connectivity index (χ1n) is 8.39. The normalized spacial score (nSPS) is 10.7. The quantitative estimate of drug-likeness (QED) is 0.652. The zero-order valence-corrected chi connectivity index (χ0v) is 15.5. The summed E-state index contributed by atoms with van der Waals surface area (Å²) in [6.45, 7) is 4.27. The van der Waals surface area contributed by atoms with E-state index in [-0.39, 0.29) is 11.7 Å². The molecule has 0 aliphatic heterocycles. The van der Waals surface area contributed by atoms with Gasteiger partial charge in [0.2, 0.25) is 5.91 Å². The Labute approximate surface area is 157 Å². The summed E-state index contributed by atoms with van der Waals surface area (Å²) in [7, 11) is 0. The van der Waals surface area contributed by atoms with Crippen LogP contribution in [0.5, 0.6) is 0 Å². The highest BCUT2D eigenvalue weighted by atomic mass is 32.2. The third kappa shape index (κ3) is 4.22. The van der Waals surface area contributed by atoms with Crippen LogP contribution in [0, 0.1) is 11.3 Å². The van der Waals surface area contributed by atoms with E-state index >= 15 is 0 Å². The summed E-state index contributed by atoms with van der Waals surface area (Å²) in [6, 6.07) is 19.5. The van der Waals surface area contributed by atoms with Crippen LogP contribution < -0.4 is 5.32 Å².